The Morgan fingerprint density at radius 1 is 1.25 bits per heavy atom. The van der Waals surface area contributed by atoms with E-state index >= 15 is 0 Å². The quantitative estimate of drug-likeness (QED) is 0.690. The summed E-state index contributed by atoms with van der Waals surface area (Å²) >= 11 is 0. The van der Waals surface area contributed by atoms with Gasteiger partial charge in [0.1, 0.15) is 6.04 Å². The first kappa shape index (κ1) is 12.5. The Labute approximate surface area is 93.4 Å². The molecule has 0 saturated carbocycles. The highest BCUT2D eigenvalue weighted by atomic mass is 16.4. The number of primary amides is 1. The predicted molar refractivity (Wildman–Crippen MR) is 55.4 cm³/mol. The Bertz CT molecular complexity index is 303. The van der Waals surface area contributed by atoms with Gasteiger partial charge in [0.2, 0.25) is 11.8 Å². The number of rotatable bonds is 4. The lowest BCUT2D eigenvalue weighted by Crippen LogP contribution is -2.50. The summed E-state index contributed by atoms with van der Waals surface area (Å²) in [5, 5.41) is 8.47. The van der Waals surface area contributed by atoms with Crippen LogP contribution in [0.25, 0.3) is 0 Å². The zero-order valence-corrected chi connectivity index (χ0v) is 9.02. The van der Waals surface area contributed by atoms with Crippen molar-refractivity contribution in [1.82, 2.24) is 4.90 Å². The van der Waals surface area contributed by atoms with Crippen LogP contribution in [0.3, 0.4) is 0 Å². The van der Waals surface area contributed by atoms with E-state index in [2.05, 4.69) is 0 Å². The topological polar surface area (TPSA) is 101 Å². The van der Waals surface area contributed by atoms with Crippen LogP contribution in [0.5, 0.6) is 0 Å². The second-order valence-corrected chi connectivity index (χ2v) is 3.89. The maximum Gasteiger partial charge on any atom is 0.303 e. The lowest BCUT2D eigenvalue weighted by Gasteiger charge is -2.33. The lowest BCUT2D eigenvalue weighted by molar-refractivity contribution is -0.144. The fourth-order valence-corrected chi connectivity index (χ4v) is 1.88. The number of piperidine rings is 1. The van der Waals surface area contributed by atoms with Gasteiger partial charge in [0.05, 0.1) is 6.42 Å². The lowest BCUT2D eigenvalue weighted by atomic mass is 10.0. The van der Waals surface area contributed by atoms with Crippen LogP contribution in [-0.4, -0.2) is 40.4 Å². The van der Waals surface area contributed by atoms with Gasteiger partial charge >= 0.3 is 5.97 Å². The van der Waals surface area contributed by atoms with Crippen LogP contribution < -0.4 is 5.73 Å². The van der Waals surface area contributed by atoms with E-state index in [0.717, 1.165) is 12.8 Å². The molecule has 0 aliphatic carbocycles. The van der Waals surface area contributed by atoms with Gasteiger partial charge in [0, 0.05) is 13.0 Å². The molecule has 1 atom stereocenters. The average Bonchev–Trinajstić information content (AvgIpc) is 2.25. The molecule has 6 nitrogen and oxygen atoms in total. The summed E-state index contributed by atoms with van der Waals surface area (Å²) in [7, 11) is 0. The van der Waals surface area contributed by atoms with Crippen molar-refractivity contribution in [3.63, 3.8) is 0 Å². The minimum atomic E-state index is -1.01. The summed E-state index contributed by atoms with van der Waals surface area (Å²) < 4.78 is 0. The first-order chi connectivity index (χ1) is 7.52. The number of hydrogen-bond acceptors (Lipinski definition) is 3. The molecule has 0 spiro atoms. The molecule has 1 fully saturated rings. The fraction of sp³-hybridized carbons (Fsp3) is 0.700. The van der Waals surface area contributed by atoms with Crippen molar-refractivity contribution in [2.75, 3.05) is 6.54 Å². The zero-order valence-electron chi connectivity index (χ0n) is 9.02. The molecule has 0 bridgehead atoms. The van der Waals surface area contributed by atoms with Crippen LogP contribution in [0.2, 0.25) is 0 Å². The molecule has 16 heavy (non-hydrogen) atoms. The molecule has 1 aliphatic rings. The van der Waals surface area contributed by atoms with Crippen molar-refractivity contribution in [1.29, 1.82) is 0 Å². The number of nitrogens with two attached hydrogens (primary N) is 1. The molecule has 0 aromatic heterocycles. The van der Waals surface area contributed by atoms with Crippen molar-refractivity contribution in [2.45, 2.75) is 38.1 Å². The third-order valence-electron chi connectivity index (χ3n) is 2.70. The number of carboxylic acids is 1. The van der Waals surface area contributed by atoms with E-state index in [9.17, 15) is 14.4 Å². The molecule has 0 aromatic carbocycles. The minimum absolute atomic E-state index is 0.0703. The Hall–Kier alpha value is -1.59. The molecular weight excluding hydrogens is 212 g/mol. The van der Waals surface area contributed by atoms with E-state index in [-0.39, 0.29) is 18.7 Å². The van der Waals surface area contributed by atoms with E-state index in [1.807, 2.05) is 0 Å². The van der Waals surface area contributed by atoms with E-state index in [1.54, 1.807) is 0 Å². The maximum atomic E-state index is 11.7. The van der Waals surface area contributed by atoms with Gasteiger partial charge in [0.25, 0.3) is 0 Å². The van der Waals surface area contributed by atoms with Crippen LogP contribution in [0.1, 0.15) is 32.1 Å². The summed E-state index contributed by atoms with van der Waals surface area (Å²) in [6.45, 7) is 0.492. The summed E-state index contributed by atoms with van der Waals surface area (Å²) in [5.74, 6) is -1.82. The summed E-state index contributed by atoms with van der Waals surface area (Å²) in [6, 6.07) is -0.560. The van der Waals surface area contributed by atoms with E-state index < -0.39 is 17.9 Å². The predicted octanol–water partition coefficient (Wildman–Crippen LogP) is -0.282. The summed E-state index contributed by atoms with van der Waals surface area (Å²) in [5.41, 5.74) is 5.20. The molecule has 1 saturated heterocycles. The monoisotopic (exact) mass is 228 g/mol. The van der Waals surface area contributed by atoms with Crippen molar-refractivity contribution in [2.24, 2.45) is 5.73 Å². The number of amides is 2. The molecule has 1 unspecified atom stereocenters. The van der Waals surface area contributed by atoms with Gasteiger partial charge in [-0.05, 0) is 19.3 Å². The SMILES string of the molecule is NC(=O)C1CCCCN1C(=O)CCC(=O)O. The zero-order chi connectivity index (χ0) is 12.1. The Kier molecular flexibility index (Phi) is 4.28. The van der Waals surface area contributed by atoms with Gasteiger partial charge in [-0.1, -0.05) is 0 Å². The van der Waals surface area contributed by atoms with Crippen LogP contribution >= 0.6 is 0 Å². The first-order valence-corrected chi connectivity index (χ1v) is 5.33. The molecule has 1 aliphatic heterocycles. The molecular formula is C10H16N2O4. The van der Waals surface area contributed by atoms with Crippen molar-refractivity contribution in [3.05, 3.63) is 0 Å². The number of aliphatic carboxylic acids is 1. The van der Waals surface area contributed by atoms with Crippen LogP contribution in [0.4, 0.5) is 0 Å². The molecule has 1 heterocycles. The first-order valence-electron chi connectivity index (χ1n) is 5.33. The molecule has 0 radical (unpaired) electrons. The fourth-order valence-electron chi connectivity index (χ4n) is 1.88. The molecule has 1 rings (SSSR count). The smallest absolute Gasteiger partial charge is 0.303 e. The van der Waals surface area contributed by atoms with E-state index in [1.165, 1.54) is 4.90 Å². The highest BCUT2D eigenvalue weighted by Gasteiger charge is 2.30. The highest BCUT2D eigenvalue weighted by Crippen LogP contribution is 2.18. The average molecular weight is 228 g/mol. The number of likely N-dealkylation sites (tertiary alicyclic amines) is 1. The summed E-state index contributed by atoms with van der Waals surface area (Å²) in [6.07, 6.45) is 2.01. The minimum Gasteiger partial charge on any atom is -0.481 e. The van der Waals surface area contributed by atoms with Gasteiger partial charge in [-0.3, -0.25) is 14.4 Å². The number of carboxylic acid groups (broad SMARTS) is 1. The Balaban J connectivity index is 2.57. The van der Waals surface area contributed by atoms with Gasteiger partial charge in [0.15, 0.2) is 0 Å². The molecule has 6 heteroatoms. The summed E-state index contributed by atoms with van der Waals surface area (Å²) in [4.78, 5) is 34.5. The highest BCUT2D eigenvalue weighted by molar-refractivity contribution is 5.88. The van der Waals surface area contributed by atoms with Gasteiger partial charge < -0.3 is 15.7 Å². The number of carbonyl (C=O) groups excluding carboxylic acids is 2. The van der Waals surface area contributed by atoms with Crippen molar-refractivity contribution < 1.29 is 19.5 Å². The van der Waals surface area contributed by atoms with Gasteiger partial charge in [-0.25, -0.2) is 0 Å². The second kappa shape index (κ2) is 5.48. The Morgan fingerprint density at radius 3 is 2.50 bits per heavy atom. The van der Waals surface area contributed by atoms with Crippen LogP contribution in [-0.2, 0) is 14.4 Å². The Morgan fingerprint density at radius 2 is 1.94 bits per heavy atom. The molecule has 0 aromatic rings. The third kappa shape index (κ3) is 3.22. The maximum absolute atomic E-state index is 11.7. The second-order valence-electron chi connectivity index (χ2n) is 3.89. The van der Waals surface area contributed by atoms with Crippen molar-refractivity contribution in [3.8, 4) is 0 Å². The molecule has 2 amide bonds. The largest absolute Gasteiger partial charge is 0.481 e. The number of carbonyl (C=O) groups is 3. The number of hydrogen-bond donors (Lipinski definition) is 2. The van der Waals surface area contributed by atoms with E-state index in [0.29, 0.717) is 13.0 Å². The molecule has 90 valence electrons. The van der Waals surface area contributed by atoms with E-state index in [4.69, 9.17) is 10.8 Å². The normalized spacial score (nSPS) is 20.5. The van der Waals surface area contributed by atoms with Crippen LogP contribution in [0.15, 0.2) is 0 Å². The van der Waals surface area contributed by atoms with Crippen molar-refractivity contribution >= 4 is 17.8 Å². The van der Waals surface area contributed by atoms with Crippen LogP contribution in [0, 0.1) is 0 Å². The molecule has 3 N–H and O–H groups in total. The third-order valence-corrected chi connectivity index (χ3v) is 2.70. The van der Waals surface area contributed by atoms with Gasteiger partial charge in [-0.15, -0.1) is 0 Å². The van der Waals surface area contributed by atoms with Gasteiger partial charge in [-0.2, -0.15) is 0 Å². The number of nitrogens with zero attached hydrogens (tertiary/aromatic N) is 1. The standard InChI is InChI=1S/C10H16N2O4/c11-10(16)7-3-1-2-6-12(7)8(13)4-5-9(14)15/h7H,1-6H2,(H2,11,16)(H,14,15).